The molecule has 0 aromatic carbocycles. The second-order valence-electron chi connectivity index (χ2n) is 1.23. The minimum absolute atomic E-state index is 0.218. The Hall–Kier alpha value is -2.23. The molecule has 0 fully saturated rings. The van der Waals surface area contributed by atoms with Crippen LogP contribution in [0.2, 0.25) is 0 Å². The Morgan fingerprint density at radius 2 is 1.30 bits per heavy atom. The largest absolute Gasteiger partial charge is 0.192 e. The molecule has 0 saturated heterocycles. The number of terminal acetylenes is 1. The van der Waals surface area contributed by atoms with E-state index in [1.165, 1.54) is 12.1 Å². The molecule has 0 N–H and O–H groups in total. The van der Waals surface area contributed by atoms with Gasteiger partial charge < -0.3 is 0 Å². The van der Waals surface area contributed by atoms with Crippen molar-refractivity contribution in [2.75, 3.05) is 0 Å². The zero-order valence-corrected chi connectivity index (χ0v) is 4.92. The Labute approximate surface area is 58.4 Å². The summed E-state index contributed by atoms with van der Waals surface area (Å²) in [5.74, 6) is 1.93. The van der Waals surface area contributed by atoms with Crippen molar-refractivity contribution in [3.63, 3.8) is 0 Å². The van der Waals surface area contributed by atoms with Crippen molar-refractivity contribution in [3.05, 3.63) is 11.1 Å². The molecule has 0 aliphatic carbocycles. The molecule has 44 valence electrons. The van der Waals surface area contributed by atoms with Crippen LogP contribution in [0.4, 0.5) is 0 Å². The predicted octanol–water partition coefficient (Wildman–Crippen LogP) is 0.487. The van der Waals surface area contributed by atoms with E-state index in [-0.39, 0.29) is 11.1 Å². The highest BCUT2D eigenvalue weighted by molar-refractivity contribution is 5.54. The molecule has 3 heteroatoms. The maximum Gasteiger partial charge on any atom is 0.155 e. The van der Waals surface area contributed by atoms with Gasteiger partial charge >= 0.3 is 0 Å². The molecule has 0 aromatic rings. The molecule has 0 bridgehead atoms. The van der Waals surface area contributed by atoms with Gasteiger partial charge in [0, 0.05) is 0 Å². The highest BCUT2D eigenvalue weighted by Crippen LogP contribution is 1.98. The normalized spacial score (nSPS) is 5.60. The first kappa shape index (κ1) is 7.77. The summed E-state index contributed by atoms with van der Waals surface area (Å²) in [5, 5.41) is 24.6. The zero-order valence-electron chi connectivity index (χ0n) is 4.92. The van der Waals surface area contributed by atoms with Crippen LogP contribution in [0.1, 0.15) is 0 Å². The van der Waals surface area contributed by atoms with Crippen LogP contribution >= 0.6 is 0 Å². The highest BCUT2D eigenvalue weighted by atomic mass is 14.3. The monoisotopic (exact) mass is 127 g/mol. The van der Waals surface area contributed by atoms with E-state index in [4.69, 9.17) is 22.2 Å². The summed E-state index contributed by atoms with van der Waals surface area (Å²) in [6.45, 7) is 0. The van der Waals surface area contributed by atoms with Gasteiger partial charge in [-0.25, -0.2) is 0 Å². The van der Waals surface area contributed by atoms with Crippen LogP contribution in [0.25, 0.3) is 0 Å². The molecular formula is C7HN3. The molecule has 0 spiro atoms. The van der Waals surface area contributed by atoms with Crippen molar-refractivity contribution < 1.29 is 0 Å². The summed E-state index contributed by atoms with van der Waals surface area (Å²) >= 11 is 0. The van der Waals surface area contributed by atoms with Crippen molar-refractivity contribution in [1.29, 1.82) is 15.8 Å². The van der Waals surface area contributed by atoms with Gasteiger partial charge in [-0.1, -0.05) is 5.92 Å². The molecule has 0 atom stereocenters. The summed E-state index contributed by atoms with van der Waals surface area (Å²) in [5.41, 5.74) is -0.532. The van der Waals surface area contributed by atoms with Crippen LogP contribution in [0, 0.1) is 46.3 Å². The van der Waals surface area contributed by atoms with Crippen molar-refractivity contribution in [2.45, 2.75) is 0 Å². The molecule has 0 aliphatic rings. The Morgan fingerprint density at radius 3 is 1.40 bits per heavy atom. The second-order valence-corrected chi connectivity index (χ2v) is 1.23. The zero-order chi connectivity index (χ0) is 7.98. The minimum atomic E-state index is -0.315. The Kier molecular flexibility index (Phi) is 2.90. The fourth-order valence-corrected chi connectivity index (χ4v) is 0.297. The standard InChI is InChI=1S/C7HN3/c1-2-6(3-8)7(4-9)5-10/h1H. The predicted molar refractivity (Wildman–Crippen MR) is 32.7 cm³/mol. The summed E-state index contributed by atoms with van der Waals surface area (Å²) in [7, 11) is 0. The van der Waals surface area contributed by atoms with Crippen LogP contribution in [-0.2, 0) is 0 Å². The Balaban J connectivity index is 5.12. The van der Waals surface area contributed by atoms with E-state index in [0.717, 1.165) is 0 Å². The van der Waals surface area contributed by atoms with Gasteiger partial charge in [0.1, 0.15) is 23.8 Å². The molecule has 3 nitrogen and oxygen atoms in total. The lowest BCUT2D eigenvalue weighted by molar-refractivity contribution is 1.43. The van der Waals surface area contributed by atoms with E-state index in [0.29, 0.717) is 0 Å². The van der Waals surface area contributed by atoms with E-state index in [9.17, 15) is 0 Å². The third-order valence-corrected chi connectivity index (χ3v) is 0.730. The lowest BCUT2D eigenvalue weighted by Gasteiger charge is -1.78. The molecule has 10 heavy (non-hydrogen) atoms. The first-order valence-electron chi connectivity index (χ1n) is 2.21. The molecule has 0 saturated carbocycles. The summed E-state index contributed by atoms with van der Waals surface area (Å²) in [6, 6.07) is 4.57. The van der Waals surface area contributed by atoms with Crippen LogP contribution < -0.4 is 0 Å². The number of hydrogen-bond donors (Lipinski definition) is 0. The molecule has 0 radical (unpaired) electrons. The van der Waals surface area contributed by atoms with Gasteiger partial charge in [0.15, 0.2) is 5.57 Å². The lowest BCUT2D eigenvalue weighted by atomic mass is 10.2. The Bertz CT molecular complexity index is 256. The van der Waals surface area contributed by atoms with Gasteiger partial charge in [0.2, 0.25) is 0 Å². The molecule has 0 rings (SSSR count). The van der Waals surface area contributed by atoms with Gasteiger partial charge in [-0.2, -0.15) is 15.8 Å². The van der Waals surface area contributed by atoms with E-state index in [2.05, 4.69) is 0 Å². The van der Waals surface area contributed by atoms with Crippen LogP contribution in [0.15, 0.2) is 11.1 Å². The van der Waals surface area contributed by atoms with Gasteiger partial charge in [0.05, 0.1) is 0 Å². The van der Waals surface area contributed by atoms with Crippen LogP contribution in [0.3, 0.4) is 0 Å². The first-order chi connectivity index (χ1) is 4.79. The van der Waals surface area contributed by atoms with Crippen molar-refractivity contribution >= 4 is 0 Å². The van der Waals surface area contributed by atoms with Crippen LogP contribution in [-0.4, -0.2) is 0 Å². The maximum atomic E-state index is 8.21. The fraction of sp³-hybridized carbons (Fsp3) is 0. The average Bonchev–Trinajstić information content (AvgIpc) is 2.00. The third kappa shape index (κ3) is 1.38. The topological polar surface area (TPSA) is 71.4 Å². The van der Waals surface area contributed by atoms with Crippen LogP contribution in [0.5, 0.6) is 0 Å². The smallest absolute Gasteiger partial charge is 0.155 e. The molecule has 0 unspecified atom stereocenters. The Morgan fingerprint density at radius 1 is 0.900 bits per heavy atom. The molecule has 0 aliphatic heterocycles. The number of nitriles is 3. The van der Waals surface area contributed by atoms with Crippen molar-refractivity contribution in [3.8, 4) is 30.6 Å². The quantitative estimate of drug-likeness (QED) is 0.351. The minimum Gasteiger partial charge on any atom is -0.192 e. The fourth-order valence-electron chi connectivity index (χ4n) is 0.297. The summed E-state index contributed by atoms with van der Waals surface area (Å²) < 4.78 is 0. The number of hydrogen-bond acceptors (Lipinski definition) is 3. The van der Waals surface area contributed by atoms with Gasteiger partial charge in [0.25, 0.3) is 0 Å². The van der Waals surface area contributed by atoms with E-state index in [1.54, 1.807) is 6.07 Å². The summed E-state index contributed by atoms with van der Waals surface area (Å²) in [6.07, 6.45) is 4.80. The molecular weight excluding hydrogens is 126 g/mol. The molecule has 0 heterocycles. The van der Waals surface area contributed by atoms with E-state index < -0.39 is 0 Å². The van der Waals surface area contributed by atoms with Crippen molar-refractivity contribution in [2.24, 2.45) is 0 Å². The number of nitrogens with zero attached hydrogens (tertiary/aromatic N) is 3. The van der Waals surface area contributed by atoms with E-state index in [1.807, 2.05) is 5.92 Å². The number of allylic oxidation sites excluding steroid dienone is 2. The maximum absolute atomic E-state index is 8.21. The SMILES string of the molecule is C#CC(C#N)=C(C#N)C#N. The van der Waals surface area contributed by atoms with Gasteiger partial charge in [-0.3, -0.25) is 0 Å². The highest BCUT2D eigenvalue weighted by Gasteiger charge is 1.99. The molecule has 0 aromatic heterocycles. The second kappa shape index (κ2) is 3.73. The number of rotatable bonds is 0. The summed E-state index contributed by atoms with van der Waals surface area (Å²) in [4.78, 5) is 0. The van der Waals surface area contributed by atoms with Gasteiger partial charge in [-0.05, 0) is 0 Å². The van der Waals surface area contributed by atoms with Gasteiger partial charge in [-0.15, -0.1) is 6.42 Å². The first-order valence-corrected chi connectivity index (χ1v) is 2.21. The lowest BCUT2D eigenvalue weighted by Crippen LogP contribution is -1.79. The van der Waals surface area contributed by atoms with E-state index >= 15 is 0 Å². The third-order valence-electron chi connectivity index (χ3n) is 0.730. The molecule has 0 amide bonds. The average molecular weight is 127 g/mol. The van der Waals surface area contributed by atoms with Crippen molar-refractivity contribution in [1.82, 2.24) is 0 Å².